The smallest absolute Gasteiger partial charge is 0.405 e. The molecule has 2 N–H and O–H groups in total. The molecule has 0 saturated heterocycles. The fourth-order valence-corrected chi connectivity index (χ4v) is 2.94. The lowest BCUT2D eigenvalue weighted by Crippen LogP contribution is -2.44. The standard InChI is InChI=1S/C19H23F2N3O3/c1-11(9-19(3,4)24-18(25)26)10-27-17-8-14(20)13(7-15(17)21)16-5-6-22-12(2)23-16/h5-8,11,24H,9-10H2,1-4H3,(H,25,26)/t11-/m0/s1. The molecular weight excluding hydrogens is 356 g/mol. The summed E-state index contributed by atoms with van der Waals surface area (Å²) in [5.74, 6) is -1.17. The molecule has 8 heteroatoms. The molecule has 1 aromatic heterocycles. The van der Waals surface area contributed by atoms with Gasteiger partial charge in [-0.25, -0.2) is 23.5 Å². The van der Waals surface area contributed by atoms with Crippen molar-refractivity contribution in [3.05, 3.63) is 41.9 Å². The number of aryl methyl sites for hydroxylation is 1. The van der Waals surface area contributed by atoms with E-state index in [0.29, 0.717) is 17.9 Å². The Morgan fingerprint density at radius 1 is 1.33 bits per heavy atom. The molecular formula is C19H23F2N3O3. The summed E-state index contributed by atoms with van der Waals surface area (Å²) in [5.41, 5.74) is -0.335. The zero-order valence-electron chi connectivity index (χ0n) is 15.7. The van der Waals surface area contributed by atoms with Gasteiger partial charge in [-0.2, -0.15) is 0 Å². The second-order valence-corrected chi connectivity index (χ2v) is 7.19. The molecule has 0 saturated carbocycles. The lowest BCUT2D eigenvalue weighted by molar-refractivity contribution is 0.168. The number of benzene rings is 1. The van der Waals surface area contributed by atoms with Gasteiger partial charge in [0.15, 0.2) is 11.6 Å². The molecule has 0 aliphatic heterocycles. The number of nitrogens with one attached hydrogen (secondary N) is 1. The number of amides is 1. The Labute approximate surface area is 156 Å². The number of halogens is 2. The number of hydrogen-bond acceptors (Lipinski definition) is 4. The molecule has 27 heavy (non-hydrogen) atoms. The predicted octanol–water partition coefficient (Wildman–Crippen LogP) is 4.18. The lowest BCUT2D eigenvalue weighted by Gasteiger charge is -2.28. The van der Waals surface area contributed by atoms with Gasteiger partial charge in [0.05, 0.1) is 12.3 Å². The molecule has 1 atom stereocenters. The largest absolute Gasteiger partial charge is 0.490 e. The summed E-state index contributed by atoms with van der Waals surface area (Å²) < 4.78 is 34.2. The monoisotopic (exact) mass is 379 g/mol. The van der Waals surface area contributed by atoms with E-state index in [0.717, 1.165) is 12.1 Å². The van der Waals surface area contributed by atoms with Crippen LogP contribution in [0.15, 0.2) is 24.4 Å². The molecule has 0 fully saturated rings. The summed E-state index contributed by atoms with van der Waals surface area (Å²) >= 11 is 0. The van der Waals surface area contributed by atoms with E-state index in [4.69, 9.17) is 9.84 Å². The third kappa shape index (κ3) is 5.87. The van der Waals surface area contributed by atoms with E-state index < -0.39 is 23.3 Å². The van der Waals surface area contributed by atoms with Gasteiger partial charge >= 0.3 is 6.09 Å². The van der Waals surface area contributed by atoms with Crippen molar-refractivity contribution in [3.63, 3.8) is 0 Å². The number of carbonyl (C=O) groups is 1. The van der Waals surface area contributed by atoms with E-state index in [1.807, 2.05) is 6.92 Å². The van der Waals surface area contributed by atoms with Crippen LogP contribution in [0, 0.1) is 24.5 Å². The van der Waals surface area contributed by atoms with Crippen molar-refractivity contribution in [1.29, 1.82) is 0 Å². The summed E-state index contributed by atoms with van der Waals surface area (Å²) in [6, 6.07) is 3.55. The van der Waals surface area contributed by atoms with Crippen LogP contribution in [0.5, 0.6) is 5.75 Å². The zero-order chi connectivity index (χ0) is 20.2. The molecule has 0 aliphatic carbocycles. The molecule has 146 valence electrons. The fraction of sp³-hybridized carbons (Fsp3) is 0.421. The van der Waals surface area contributed by atoms with Gasteiger partial charge in [-0.05, 0) is 45.2 Å². The third-order valence-corrected chi connectivity index (χ3v) is 3.90. The summed E-state index contributed by atoms with van der Waals surface area (Å²) in [5, 5.41) is 11.2. The van der Waals surface area contributed by atoms with Crippen LogP contribution in [-0.2, 0) is 0 Å². The summed E-state index contributed by atoms with van der Waals surface area (Å²) in [6.45, 7) is 7.12. The minimum absolute atomic E-state index is 0.0326. The SMILES string of the molecule is Cc1nccc(-c2cc(F)c(OC[C@@H](C)CC(C)(C)NC(=O)O)cc2F)n1. The van der Waals surface area contributed by atoms with Crippen LogP contribution in [0.4, 0.5) is 13.6 Å². The second kappa shape index (κ2) is 8.28. The fourth-order valence-electron chi connectivity index (χ4n) is 2.94. The van der Waals surface area contributed by atoms with Crippen molar-refractivity contribution in [3.8, 4) is 17.0 Å². The maximum Gasteiger partial charge on any atom is 0.405 e. The first-order chi connectivity index (χ1) is 12.6. The Morgan fingerprint density at radius 3 is 2.67 bits per heavy atom. The number of ether oxygens (including phenoxy) is 1. The van der Waals surface area contributed by atoms with E-state index in [2.05, 4.69) is 15.3 Å². The molecule has 0 spiro atoms. The van der Waals surface area contributed by atoms with Gasteiger partial charge in [0.25, 0.3) is 0 Å². The molecule has 1 heterocycles. The highest BCUT2D eigenvalue weighted by molar-refractivity contribution is 5.65. The second-order valence-electron chi connectivity index (χ2n) is 7.19. The van der Waals surface area contributed by atoms with Crippen molar-refractivity contribution in [1.82, 2.24) is 15.3 Å². The van der Waals surface area contributed by atoms with Gasteiger partial charge in [-0.3, -0.25) is 0 Å². The predicted molar refractivity (Wildman–Crippen MR) is 96.6 cm³/mol. The van der Waals surface area contributed by atoms with Crippen LogP contribution >= 0.6 is 0 Å². The maximum atomic E-state index is 14.4. The first kappa shape index (κ1) is 20.5. The molecule has 0 aliphatic rings. The number of rotatable bonds is 7. The first-order valence-electron chi connectivity index (χ1n) is 8.50. The van der Waals surface area contributed by atoms with Gasteiger partial charge < -0.3 is 15.2 Å². The lowest BCUT2D eigenvalue weighted by atomic mass is 9.92. The summed E-state index contributed by atoms with van der Waals surface area (Å²) in [6.07, 6.45) is 0.840. The van der Waals surface area contributed by atoms with Crippen LogP contribution < -0.4 is 10.1 Å². The van der Waals surface area contributed by atoms with E-state index in [1.54, 1.807) is 20.8 Å². The first-order valence-corrected chi connectivity index (χ1v) is 8.50. The molecule has 0 radical (unpaired) electrons. The molecule has 1 aromatic carbocycles. The van der Waals surface area contributed by atoms with Crippen LogP contribution in [0.3, 0.4) is 0 Å². The van der Waals surface area contributed by atoms with Crippen LogP contribution in [-0.4, -0.2) is 33.3 Å². The number of hydrogen-bond donors (Lipinski definition) is 2. The Hall–Kier alpha value is -2.77. The number of carboxylic acid groups (broad SMARTS) is 1. The van der Waals surface area contributed by atoms with Crippen molar-refractivity contribution < 1.29 is 23.4 Å². The molecule has 1 amide bonds. The van der Waals surface area contributed by atoms with Gasteiger partial charge in [0.2, 0.25) is 0 Å². The molecule has 2 aromatic rings. The number of nitrogens with zero attached hydrogens (tertiary/aromatic N) is 2. The minimum Gasteiger partial charge on any atom is -0.490 e. The summed E-state index contributed by atoms with van der Waals surface area (Å²) in [4.78, 5) is 18.8. The van der Waals surface area contributed by atoms with E-state index in [1.165, 1.54) is 12.3 Å². The Bertz CT molecular complexity index is 828. The van der Waals surface area contributed by atoms with Crippen molar-refractivity contribution >= 4 is 6.09 Å². The zero-order valence-corrected chi connectivity index (χ0v) is 15.7. The Kier molecular flexibility index (Phi) is 6.30. The van der Waals surface area contributed by atoms with Crippen LogP contribution in [0.25, 0.3) is 11.3 Å². The molecule has 2 rings (SSSR count). The molecule has 6 nitrogen and oxygen atoms in total. The van der Waals surface area contributed by atoms with Crippen molar-refractivity contribution in [2.45, 2.75) is 39.7 Å². The summed E-state index contributed by atoms with van der Waals surface area (Å²) in [7, 11) is 0. The van der Waals surface area contributed by atoms with E-state index in [9.17, 15) is 13.6 Å². The molecule has 0 bridgehead atoms. The Balaban J connectivity index is 2.07. The van der Waals surface area contributed by atoms with Crippen LogP contribution in [0.1, 0.15) is 33.0 Å². The number of aromatic nitrogens is 2. The highest BCUT2D eigenvalue weighted by Crippen LogP contribution is 2.28. The average molecular weight is 379 g/mol. The van der Waals surface area contributed by atoms with Gasteiger partial charge in [-0.15, -0.1) is 0 Å². The normalized spacial score (nSPS) is 12.5. The average Bonchev–Trinajstić information content (AvgIpc) is 2.53. The maximum absolute atomic E-state index is 14.4. The minimum atomic E-state index is -1.11. The van der Waals surface area contributed by atoms with E-state index >= 15 is 0 Å². The Morgan fingerprint density at radius 2 is 2.04 bits per heavy atom. The van der Waals surface area contributed by atoms with Gasteiger partial charge in [-0.1, -0.05) is 6.92 Å². The van der Waals surface area contributed by atoms with Gasteiger partial charge in [0.1, 0.15) is 11.6 Å². The van der Waals surface area contributed by atoms with Gasteiger partial charge in [0, 0.05) is 23.4 Å². The molecule has 0 unspecified atom stereocenters. The van der Waals surface area contributed by atoms with Crippen LogP contribution in [0.2, 0.25) is 0 Å². The highest BCUT2D eigenvalue weighted by atomic mass is 19.1. The van der Waals surface area contributed by atoms with Crippen molar-refractivity contribution in [2.24, 2.45) is 5.92 Å². The highest BCUT2D eigenvalue weighted by Gasteiger charge is 2.24. The quantitative estimate of drug-likeness (QED) is 0.754. The topological polar surface area (TPSA) is 84.3 Å². The van der Waals surface area contributed by atoms with Crippen molar-refractivity contribution in [2.75, 3.05) is 6.61 Å². The van der Waals surface area contributed by atoms with E-state index in [-0.39, 0.29) is 23.8 Å². The third-order valence-electron chi connectivity index (χ3n) is 3.90.